The molecule has 1 N–H and O–H groups in total. The number of anilines is 1. The van der Waals surface area contributed by atoms with Gasteiger partial charge in [-0.15, -0.1) is 0 Å². The molecule has 31 heavy (non-hydrogen) atoms. The number of nitrogens with one attached hydrogen (secondary N) is 1. The highest BCUT2D eigenvalue weighted by Gasteiger charge is 2.14. The Kier molecular flexibility index (Phi) is 5.79. The molecule has 0 aliphatic rings. The van der Waals surface area contributed by atoms with Gasteiger partial charge in [0.05, 0.1) is 24.1 Å². The molecule has 154 valence electrons. The van der Waals surface area contributed by atoms with Crippen LogP contribution in [0.15, 0.2) is 79.4 Å². The van der Waals surface area contributed by atoms with Gasteiger partial charge in [-0.25, -0.2) is 19.3 Å². The molecule has 0 spiro atoms. The van der Waals surface area contributed by atoms with Crippen molar-refractivity contribution in [3.8, 4) is 28.6 Å². The van der Waals surface area contributed by atoms with Gasteiger partial charge < -0.3 is 14.8 Å². The van der Waals surface area contributed by atoms with Gasteiger partial charge in [0.2, 0.25) is 5.88 Å². The predicted octanol–water partition coefficient (Wildman–Crippen LogP) is 4.73. The lowest BCUT2D eigenvalue weighted by atomic mass is 10.2. The largest absolute Gasteiger partial charge is 0.492 e. The average molecular weight is 416 g/mol. The average Bonchev–Trinajstić information content (AvgIpc) is 2.81. The van der Waals surface area contributed by atoms with Crippen LogP contribution in [0.2, 0.25) is 0 Å². The first-order chi connectivity index (χ1) is 15.2. The second kappa shape index (κ2) is 9.00. The molecule has 4 aromatic rings. The summed E-state index contributed by atoms with van der Waals surface area (Å²) in [6.45, 7) is 0. The van der Waals surface area contributed by atoms with Gasteiger partial charge in [-0.1, -0.05) is 6.07 Å². The van der Waals surface area contributed by atoms with Crippen LogP contribution in [0.5, 0.6) is 17.4 Å². The van der Waals surface area contributed by atoms with Crippen molar-refractivity contribution in [2.24, 2.45) is 0 Å². The fourth-order valence-corrected chi connectivity index (χ4v) is 2.91. The van der Waals surface area contributed by atoms with E-state index >= 15 is 0 Å². The molecule has 2 aromatic heterocycles. The number of hydrogen-bond donors (Lipinski definition) is 1. The molecular formula is C23H17FN4O3. The van der Waals surface area contributed by atoms with Crippen molar-refractivity contribution in [2.75, 3.05) is 12.4 Å². The first-order valence-corrected chi connectivity index (χ1v) is 9.29. The summed E-state index contributed by atoms with van der Waals surface area (Å²) in [6, 6.07) is 16.2. The molecule has 0 atom stereocenters. The molecule has 7 nitrogen and oxygen atoms in total. The molecule has 0 saturated carbocycles. The molecule has 2 aromatic carbocycles. The molecule has 0 aliphatic heterocycles. The number of benzene rings is 2. The smallest absolute Gasteiger partial charge is 0.255 e. The van der Waals surface area contributed by atoms with E-state index in [-0.39, 0.29) is 11.4 Å². The number of ether oxygens (including phenoxy) is 2. The Bertz CT molecular complexity index is 1200. The summed E-state index contributed by atoms with van der Waals surface area (Å²) in [5, 5.41) is 2.65. The van der Waals surface area contributed by atoms with Crippen LogP contribution in [0.4, 0.5) is 10.1 Å². The van der Waals surface area contributed by atoms with E-state index in [0.29, 0.717) is 28.5 Å². The summed E-state index contributed by atoms with van der Waals surface area (Å²) in [4.78, 5) is 25.0. The lowest BCUT2D eigenvalue weighted by molar-refractivity contribution is 0.102. The number of methoxy groups -OCH3 is 1. The molecule has 0 radical (unpaired) electrons. The zero-order valence-corrected chi connectivity index (χ0v) is 16.4. The molecule has 2 heterocycles. The number of para-hydroxylation sites is 1. The van der Waals surface area contributed by atoms with E-state index < -0.39 is 11.7 Å². The van der Waals surface area contributed by atoms with Gasteiger partial charge in [-0.3, -0.25) is 4.79 Å². The minimum atomic E-state index is -0.557. The monoisotopic (exact) mass is 416 g/mol. The molecule has 0 bridgehead atoms. The highest BCUT2D eigenvalue weighted by atomic mass is 19.1. The molecule has 8 heteroatoms. The molecule has 1 amide bonds. The van der Waals surface area contributed by atoms with E-state index in [2.05, 4.69) is 20.3 Å². The third-order valence-electron chi connectivity index (χ3n) is 4.38. The van der Waals surface area contributed by atoms with E-state index in [4.69, 9.17) is 9.47 Å². The van der Waals surface area contributed by atoms with Crippen molar-refractivity contribution in [3.05, 3.63) is 90.8 Å². The van der Waals surface area contributed by atoms with Gasteiger partial charge in [0.15, 0.2) is 11.6 Å². The predicted molar refractivity (Wildman–Crippen MR) is 113 cm³/mol. The SMILES string of the molecule is COc1c(F)cccc1NC(=O)c1ccc(Oc2ncccc2-c2ccncn2)cc1. The summed E-state index contributed by atoms with van der Waals surface area (Å²) in [5.41, 5.74) is 2.01. The van der Waals surface area contributed by atoms with Crippen molar-refractivity contribution >= 4 is 11.6 Å². The molecule has 0 aliphatic carbocycles. The Morgan fingerprint density at radius 1 is 0.968 bits per heavy atom. The molecule has 4 rings (SSSR count). The van der Waals surface area contributed by atoms with Gasteiger partial charge in [-0.05, 0) is 54.6 Å². The van der Waals surface area contributed by atoms with Crippen LogP contribution in [0.3, 0.4) is 0 Å². The summed E-state index contributed by atoms with van der Waals surface area (Å²) in [6.07, 6.45) is 4.71. The lowest BCUT2D eigenvalue weighted by Gasteiger charge is -2.12. The highest BCUT2D eigenvalue weighted by Crippen LogP contribution is 2.30. The van der Waals surface area contributed by atoms with Crippen LogP contribution in [0.25, 0.3) is 11.3 Å². The molecular weight excluding hydrogens is 399 g/mol. The number of aromatic nitrogens is 3. The fourth-order valence-electron chi connectivity index (χ4n) is 2.91. The minimum absolute atomic E-state index is 0.0248. The lowest BCUT2D eigenvalue weighted by Crippen LogP contribution is -2.13. The van der Waals surface area contributed by atoms with Gasteiger partial charge >= 0.3 is 0 Å². The number of hydrogen-bond acceptors (Lipinski definition) is 6. The first kappa shape index (κ1) is 20.0. The number of halogens is 1. The normalized spacial score (nSPS) is 10.4. The molecule has 0 saturated heterocycles. The first-order valence-electron chi connectivity index (χ1n) is 9.29. The number of amides is 1. The maximum Gasteiger partial charge on any atom is 0.255 e. The van der Waals surface area contributed by atoms with E-state index in [1.54, 1.807) is 54.9 Å². The number of nitrogens with zero attached hydrogens (tertiary/aromatic N) is 3. The standard InChI is InChI=1S/C23H17FN4O3/c1-30-21-18(24)5-2-6-20(21)28-22(29)15-7-9-16(10-8-15)31-23-17(4-3-12-26-23)19-11-13-25-14-27-19/h2-14H,1H3,(H,28,29). The summed E-state index contributed by atoms with van der Waals surface area (Å²) < 4.78 is 24.7. The Morgan fingerprint density at radius 2 is 1.81 bits per heavy atom. The van der Waals surface area contributed by atoms with Crippen LogP contribution in [-0.4, -0.2) is 28.0 Å². The van der Waals surface area contributed by atoms with Crippen LogP contribution in [0.1, 0.15) is 10.4 Å². The maximum absolute atomic E-state index is 13.8. The van der Waals surface area contributed by atoms with E-state index in [9.17, 15) is 9.18 Å². The van der Waals surface area contributed by atoms with Crippen LogP contribution in [0, 0.1) is 5.82 Å². The quantitative estimate of drug-likeness (QED) is 0.489. The van der Waals surface area contributed by atoms with E-state index in [1.807, 2.05) is 6.07 Å². The second-order valence-corrected chi connectivity index (χ2v) is 6.35. The third-order valence-corrected chi connectivity index (χ3v) is 4.38. The summed E-state index contributed by atoms with van der Waals surface area (Å²) in [5.74, 6) is -0.117. The Labute approximate surface area is 177 Å². The topological polar surface area (TPSA) is 86.2 Å². The summed E-state index contributed by atoms with van der Waals surface area (Å²) in [7, 11) is 1.34. The third kappa shape index (κ3) is 4.48. The number of carbonyl (C=O) groups is 1. The summed E-state index contributed by atoms with van der Waals surface area (Å²) >= 11 is 0. The molecule has 0 unspecified atom stereocenters. The fraction of sp³-hybridized carbons (Fsp3) is 0.0435. The zero-order chi connectivity index (χ0) is 21.6. The Hall–Kier alpha value is -4.33. The number of pyridine rings is 1. The van der Waals surface area contributed by atoms with Crippen LogP contribution >= 0.6 is 0 Å². The van der Waals surface area contributed by atoms with Crippen LogP contribution in [-0.2, 0) is 0 Å². The molecule has 0 fully saturated rings. The van der Waals surface area contributed by atoms with Gasteiger partial charge in [0.25, 0.3) is 5.91 Å². The maximum atomic E-state index is 13.8. The van der Waals surface area contributed by atoms with Crippen molar-refractivity contribution in [2.45, 2.75) is 0 Å². The van der Waals surface area contributed by atoms with Crippen molar-refractivity contribution in [1.82, 2.24) is 15.0 Å². The Balaban J connectivity index is 1.51. The zero-order valence-electron chi connectivity index (χ0n) is 16.4. The van der Waals surface area contributed by atoms with Crippen molar-refractivity contribution in [1.29, 1.82) is 0 Å². The van der Waals surface area contributed by atoms with Crippen molar-refractivity contribution in [3.63, 3.8) is 0 Å². The number of rotatable bonds is 6. The van der Waals surface area contributed by atoms with E-state index in [0.717, 1.165) is 0 Å². The van der Waals surface area contributed by atoms with E-state index in [1.165, 1.54) is 25.6 Å². The van der Waals surface area contributed by atoms with Crippen LogP contribution < -0.4 is 14.8 Å². The van der Waals surface area contributed by atoms with Gasteiger partial charge in [0, 0.05) is 18.0 Å². The minimum Gasteiger partial charge on any atom is -0.492 e. The number of carbonyl (C=O) groups excluding carboxylic acids is 1. The second-order valence-electron chi connectivity index (χ2n) is 6.35. The van der Waals surface area contributed by atoms with Gasteiger partial charge in [-0.2, -0.15) is 0 Å². The highest BCUT2D eigenvalue weighted by molar-refractivity contribution is 6.05. The van der Waals surface area contributed by atoms with Gasteiger partial charge in [0.1, 0.15) is 12.1 Å². The van der Waals surface area contributed by atoms with Crippen molar-refractivity contribution < 1.29 is 18.7 Å². The Morgan fingerprint density at radius 3 is 2.55 bits per heavy atom.